The molecule has 8 heteroatoms. The van der Waals surface area contributed by atoms with Gasteiger partial charge in [0.05, 0.1) is 21.7 Å². The lowest BCUT2D eigenvalue weighted by Gasteiger charge is -2.13. The summed E-state index contributed by atoms with van der Waals surface area (Å²) in [6.45, 7) is 1.41. The Morgan fingerprint density at radius 1 is 0.806 bits per heavy atom. The van der Waals surface area contributed by atoms with Gasteiger partial charge in [-0.2, -0.15) is 0 Å². The van der Waals surface area contributed by atoms with Gasteiger partial charge < -0.3 is 0 Å². The van der Waals surface area contributed by atoms with Crippen LogP contribution in [0.2, 0.25) is 0 Å². The summed E-state index contributed by atoms with van der Waals surface area (Å²) in [6, 6.07) is 15.5. The number of nitro groups is 1. The number of hydrogen-bond acceptors (Lipinski definition) is 6. The Morgan fingerprint density at radius 3 is 2.06 bits per heavy atom. The topological polar surface area (TPSA) is 115 Å². The highest BCUT2D eigenvalue weighted by Gasteiger charge is 2.37. The second kappa shape index (κ2) is 7.42. The minimum Gasteiger partial charge on any atom is -0.295 e. The Hall–Kier alpha value is -4.46. The van der Waals surface area contributed by atoms with Crippen LogP contribution in [0, 0.1) is 10.1 Å². The number of imide groups is 1. The molecule has 2 amide bonds. The fraction of sp³-hybridized carbons (Fsp3) is 0.0435. The molecule has 0 bridgehead atoms. The molecule has 8 nitrogen and oxygen atoms in total. The third-order valence-electron chi connectivity index (χ3n) is 5.00. The van der Waals surface area contributed by atoms with Gasteiger partial charge >= 0.3 is 0 Å². The Morgan fingerprint density at radius 2 is 1.42 bits per heavy atom. The molecular weight excluding hydrogens is 400 g/mol. The number of amides is 2. The summed E-state index contributed by atoms with van der Waals surface area (Å²) < 4.78 is 0. The molecular formula is C23H14N2O6. The third-order valence-corrected chi connectivity index (χ3v) is 5.00. The molecule has 4 rings (SSSR count). The van der Waals surface area contributed by atoms with Gasteiger partial charge in [0.2, 0.25) is 0 Å². The lowest BCUT2D eigenvalue weighted by molar-refractivity contribution is -0.384. The third kappa shape index (κ3) is 3.40. The van der Waals surface area contributed by atoms with E-state index in [1.54, 1.807) is 0 Å². The van der Waals surface area contributed by atoms with Gasteiger partial charge in [-0.1, -0.05) is 18.2 Å². The summed E-state index contributed by atoms with van der Waals surface area (Å²) in [6.07, 6.45) is 0. The molecule has 0 saturated carbocycles. The molecule has 152 valence electrons. The monoisotopic (exact) mass is 414 g/mol. The molecule has 1 aliphatic heterocycles. The highest BCUT2D eigenvalue weighted by Crippen LogP contribution is 2.30. The van der Waals surface area contributed by atoms with Crippen LogP contribution in [0.25, 0.3) is 0 Å². The number of fused-ring (bicyclic) bond motifs is 1. The van der Waals surface area contributed by atoms with Gasteiger partial charge in [-0.3, -0.25) is 29.3 Å². The number of non-ortho nitro benzene ring substituents is 1. The minimum atomic E-state index is -0.600. The highest BCUT2D eigenvalue weighted by atomic mass is 16.6. The van der Waals surface area contributed by atoms with E-state index in [4.69, 9.17) is 0 Å². The summed E-state index contributed by atoms with van der Waals surface area (Å²) in [5, 5.41) is 11.0. The van der Waals surface area contributed by atoms with Crippen LogP contribution in [0.15, 0.2) is 66.7 Å². The van der Waals surface area contributed by atoms with E-state index in [9.17, 15) is 29.3 Å². The van der Waals surface area contributed by atoms with Crippen LogP contribution >= 0.6 is 0 Å². The number of anilines is 1. The molecule has 3 aromatic rings. The van der Waals surface area contributed by atoms with Crippen LogP contribution in [0.3, 0.4) is 0 Å². The molecule has 31 heavy (non-hydrogen) atoms. The average molecular weight is 414 g/mol. The van der Waals surface area contributed by atoms with Crippen molar-refractivity contribution in [2.24, 2.45) is 0 Å². The van der Waals surface area contributed by atoms with Crippen molar-refractivity contribution in [3.8, 4) is 0 Å². The molecule has 0 radical (unpaired) electrons. The summed E-state index contributed by atoms with van der Waals surface area (Å²) in [5.74, 6) is -1.77. The maximum atomic E-state index is 12.9. The highest BCUT2D eigenvalue weighted by molar-refractivity contribution is 6.35. The maximum absolute atomic E-state index is 12.9. The lowest BCUT2D eigenvalue weighted by Crippen LogP contribution is -2.29. The predicted octanol–water partition coefficient (Wildman–Crippen LogP) is 3.83. The van der Waals surface area contributed by atoms with E-state index >= 15 is 0 Å². The van der Waals surface area contributed by atoms with Crippen molar-refractivity contribution in [1.29, 1.82) is 0 Å². The van der Waals surface area contributed by atoms with Gasteiger partial charge in [-0.25, -0.2) is 4.90 Å². The van der Waals surface area contributed by atoms with Crippen molar-refractivity contribution >= 4 is 34.8 Å². The van der Waals surface area contributed by atoms with Crippen molar-refractivity contribution in [2.75, 3.05) is 4.90 Å². The van der Waals surface area contributed by atoms with Crippen molar-refractivity contribution < 1.29 is 24.1 Å². The minimum absolute atomic E-state index is 0.0666. The standard InChI is InChI=1S/C23H14N2O6/c1-13(26)14-5-8-17(9-6-14)24-22(28)19-10-7-16(12-20(19)23(24)29)21(27)15-3-2-4-18(11-15)25(30)31/h2-12H,1H3. The number of carbonyl (C=O) groups is 4. The molecule has 0 N–H and O–H groups in total. The molecule has 1 aliphatic rings. The Balaban J connectivity index is 1.68. The summed E-state index contributed by atoms with van der Waals surface area (Å²) in [5.41, 5.74) is 0.983. The molecule has 0 aliphatic carbocycles. The quantitative estimate of drug-likeness (QED) is 0.271. The average Bonchev–Trinajstić information content (AvgIpc) is 3.03. The van der Waals surface area contributed by atoms with Crippen LogP contribution in [-0.4, -0.2) is 28.3 Å². The van der Waals surface area contributed by atoms with E-state index in [0.717, 1.165) is 11.0 Å². The largest absolute Gasteiger partial charge is 0.295 e. The molecule has 0 fully saturated rings. The van der Waals surface area contributed by atoms with Crippen molar-refractivity contribution in [1.82, 2.24) is 0 Å². The predicted molar refractivity (Wildman–Crippen MR) is 111 cm³/mol. The van der Waals surface area contributed by atoms with Crippen molar-refractivity contribution in [2.45, 2.75) is 6.92 Å². The first-order valence-corrected chi connectivity index (χ1v) is 9.21. The molecule has 0 saturated heterocycles. The number of carbonyl (C=O) groups excluding carboxylic acids is 4. The van der Waals surface area contributed by atoms with Gasteiger partial charge in [-0.15, -0.1) is 0 Å². The van der Waals surface area contributed by atoms with Crippen LogP contribution < -0.4 is 4.90 Å². The molecule has 0 aromatic heterocycles. The van der Waals surface area contributed by atoms with E-state index in [1.165, 1.54) is 67.6 Å². The Bertz CT molecular complexity index is 1290. The van der Waals surface area contributed by atoms with E-state index in [-0.39, 0.29) is 33.7 Å². The second-order valence-corrected chi connectivity index (χ2v) is 6.95. The van der Waals surface area contributed by atoms with Crippen molar-refractivity contribution in [3.63, 3.8) is 0 Å². The molecule has 3 aromatic carbocycles. The van der Waals surface area contributed by atoms with Gasteiger partial charge in [0.25, 0.3) is 17.5 Å². The van der Waals surface area contributed by atoms with Crippen LogP contribution in [-0.2, 0) is 0 Å². The number of rotatable bonds is 5. The second-order valence-electron chi connectivity index (χ2n) is 6.95. The number of ketones is 2. The Labute approximate surface area is 175 Å². The zero-order valence-corrected chi connectivity index (χ0v) is 16.2. The van der Waals surface area contributed by atoms with E-state index in [2.05, 4.69) is 0 Å². The first-order chi connectivity index (χ1) is 14.8. The Kier molecular flexibility index (Phi) is 4.75. The number of Topliss-reactive ketones (excluding diaryl/α,β-unsaturated/α-hetero) is 1. The fourth-order valence-corrected chi connectivity index (χ4v) is 3.39. The summed E-state index contributed by atoms with van der Waals surface area (Å²) in [7, 11) is 0. The number of nitrogens with zero attached hydrogens (tertiary/aromatic N) is 2. The maximum Gasteiger partial charge on any atom is 0.270 e. The van der Waals surface area contributed by atoms with Crippen LogP contribution in [0.5, 0.6) is 0 Å². The van der Waals surface area contributed by atoms with Crippen molar-refractivity contribution in [3.05, 3.63) is 105 Å². The lowest BCUT2D eigenvalue weighted by atomic mass is 9.99. The smallest absolute Gasteiger partial charge is 0.270 e. The summed E-state index contributed by atoms with van der Waals surface area (Å²) >= 11 is 0. The number of benzene rings is 3. The molecule has 1 heterocycles. The number of hydrogen-bond donors (Lipinski definition) is 0. The molecule has 0 atom stereocenters. The first kappa shape index (κ1) is 19.8. The first-order valence-electron chi connectivity index (χ1n) is 9.21. The summed E-state index contributed by atoms with van der Waals surface area (Å²) in [4.78, 5) is 61.3. The molecule has 0 unspecified atom stereocenters. The van der Waals surface area contributed by atoms with E-state index < -0.39 is 22.5 Å². The normalized spacial score (nSPS) is 12.6. The van der Waals surface area contributed by atoms with Gasteiger partial charge in [0, 0.05) is 28.8 Å². The van der Waals surface area contributed by atoms with Crippen LogP contribution in [0.1, 0.15) is 53.9 Å². The zero-order valence-electron chi connectivity index (χ0n) is 16.2. The van der Waals surface area contributed by atoms with Gasteiger partial charge in [0.1, 0.15) is 0 Å². The van der Waals surface area contributed by atoms with E-state index in [1.807, 2.05) is 0 Å². The van der Waals surface area contributed by atoms with Gasteiger partial charge in [-0.05, 0) is 43.3 Å². The SMILES string of the molecule is CC(=O)c1ccc(N2C(=O)c3ccc(C(=O)c4cccc([N+](=O)[O-])c4)cc3C2=O)cc1. The fourth-order valence-electron chi connectivity index (χ4n) is 3.39. The zero-order chi connectivity index (χ0) is 22.3. The van der Waals surface area contributed by atoms with E-state index in [0.29, 0.717) is 11.3 Å². The van der Waals surface area contributed by atoms with Crippen LogP contribution in [0.4, 0.5) is 11.4 Å². The van der Waals surface area contributed by atoms with Gasteiger partial charge in [0.15, 0.2) is 11.6 Å². The molecule has 0 spiro atoms. The number of nitro benzene ring substituents is 1.